The van der Waals surface area contributed by atoms with Gasteiger partial charge in [-0.3, -0.25) is 4.79 Å². The Bertz CT molecular complexity index is 153. The Morgan fingerprint density at radius 3 is 2.50 bits per heavy atom. The van der Waals surface area contributed by atoms with Gasteiger partial charge in [-0.25, -0.2) is 0 Å². The molecular weight excluding hydrogens is 206 g/mol. The van der Waals surface area contributed by atoms with Gasteiger partial charge in [-0.15, -0.1) is 12.4 Å². The SMILES string of the molecule is CCCCCOC(=O)[C@@H](N)[C@@H](C)O.Cl. The summed E-state index contributed by atoms with van der Waals surface area (Å²) in [7, 11) is 0. The number of ether oxygens (including phenoxy) is 1. The van der Waals surface area contributed by atoms with Gasteiger partial charge in [0.15, 0.2) is 0 Å². The number of carbonyl (C=O) groups excluding carboxylic acids is 1. The molecule has 0 radical (unpaired) electrons. The molecule has 0 aliphatic carbocycles. The summed E-state index contributed by atoms with van der Waals surface area (Å²) < 4.78 is 4.84. The zero-order valence-electron chi connectivity index (χ0n) is 8.73. The molecule has 14 heavy (non-hydrogen) atoms. The molecule has 4 nitrogen and oxygen atoms in total. The maximum atomic E-state index is 11.0. The number of esters is 1. The Morgan fingerprint density at radius 2 is 2.07 bits per heavy atom. The van der Waals surface area contributed by atoms with Crippen molar-refractivity contribution in [2.75, 3.05) is 6.61 Å². The fourth-order valence-electron chi connectivity index (χ4n) is 0.818. The fourth-order valence-corrected chi connectivity index (χ4v) is 0.818. The Kier molecular flexibility index (Phi) is 10.6. The maximum Gasteiger partial charge on any atom is 0.325 e. The van der Waals surface area contributed by atoms with Crippen LogP contribution in [0.15, 0.2) is 0 Å². The van der Waals surface area contributed by atoms with E-state index in [0.29, 0.717) is 6.61 Å². The topological polar surface area (TPSA) is 72.5 Å². The van der Waals surface area contributed by atoms with Crippen LogP contribution in [0.2, 0.25) is 0 Å². The van der Waals surface area contributed by atoms with E-state index in [9.17, 15) is 4.79 Å². The van der Waals surface area contributed by atoms with Crippen molar-refractivity contribution in [3.63, 3.8) is 0 Å². The minimum atomic E-state index is -0.915. The molecule has 0 aromatic rings. The molecule has 0 rings (SSSR count). The number of rotatable bonds is 6. The molecule has 0 aliphatic heterocycles. The van der Waals surface area contributed by atoms with E-state index in [2.05, 4.69) is 6.92 Å². The van der Waals surface area contributed by atoms with E-state index in [0.717, 1.165) is 19.3 Å². The summed E-state index contributed by atoms with van der Waals surface area (Å²) in [4.78, 5) is 11.0. The number of aliphatic hydroxyl groups excluding tert-OH is 1. The minimum Gasteiger partial charge on any atom is -0.464 e. The van der Waals surface area contributed by atoms with Crippen molar-refractivity contribution in [2.45, 2.75) is 45.3 Å². The average Bonchev–Trinajstić information content (AvgIpc) is 2.10. The van der Waals surface area contributed by atoms with Crippen LogP contribution < -0.4 is 5.73 Å². The van der Waals surface area contributed by atoms with Gasteiger partial charge in [0.25, 0.3) is 0 Å². The largest absolute Gasteiger partial charge is 0.464 e. The first-order chi connectivity index (χ1) is 6.09. The number of hydrogen-bond acceptors (Lipinski definition) is 4. The molecule has 0 spiro atoms. The van der Waals surface area contributed by atoms with Gasteiger partial charge in [0.2, 0.25) is 0 Å². The molecule has 0 aliphatic rings. The van der Waals surface area contributed by atoms with Gasteiger partial charge >= 0.3 is 5.97 Å². The van der Waals surface area contributed by atoms with Crippen molar-refractivity contribution in [1.82, 2.24) is 0 Å². The van der Waals surface area contributed by atoms with Crippen molar-refractivity contribution >= 4 is 18.4 Å². The van der Waals surface area contributed by atoms with E-state index >= 15 is 0 Å². The second kappa shape index (κ2) is 9.24. The predicted molar refractivity (Wildman–Crippen MR) is 57.4 cm³/mol. The van der Waals surface area contributed by atoms with Crippen LogP contribution in [0, 0.1) is 0 Å². The third-order valence-electron chi connectivity index (χ3n) is 1.78. The number of nitrogens with two attached hydrogens (primary N) is 1. The average molecular weight is 226 g/mol. The van der Waals surface area contributed by atoms with E-state index in [4.69, 9.17) is 15.6 Å². The zero-order valence-corrected chi connectivity index (χ0v) is 9.55. The van der Waals surface area contributed by atoms with Gasteiger partial charge in [-0.1, -0.05) is 19.8 Å². The van der Waals surface area contributed by atoms with E-state index in [-0.39, 0.29) is 12.4 Å². The highest BCUT2D eigenvalue weighted by molar-refractivity contribution is 5.85. The summed E-state index contributed by atoms with van der Waals surface area (Å²) in [6.45, 7) is 3.94. The molecule has 0 unspecified atom stereocenters. The number of carbonyl (C=O) groups is 1. The van der Waals surface area contributed by atoms with Crippen molar-refractivity contribution < 1.29 is 14.6 Å². The third kappa shape index (κ3) is 7.12. The normalized spacial score (nSPS) is 14.0. The lowest BCUT2D eigenvalue weighted by atomic mass is 10.2. The molecule has 3 N–H and O–H groups in total. The molecule has 0 aromatic heterocycles. The van der Waals surface area contributed by atoms with Crippen LogP contribution in [-0.4, -0.2) is 29.8 Å². The molecule has 86 valence electrons. The van der Waals surface area contributed by atoms with Crippen LogP contribution >= 0.6 is 12.4 Å². The van der Waals surface area contributed by atoms with E-state index in [1.165, 1.54) is 6.92 Å². The van der Waals surface area contributed by atoms with Crippen LogP contribution in [0.4, 0.5) is 0 Å². The molecule has 0 amide bonds. The monoisotopic (exact) mass is 225 g/mol. The number of hydrogen-bond donors (Lipinski definition) is 2. The quantitative estimate of drug-likeness (QED) is 0.519. The first kappa shape index (κ1) is 16.1. The van der Waals surface area contributed by atoms with Gasteiger partial charge in [0.1, 0.15) is 6.04 Å². The molecule has 0 aromatic carbocycles. The van der Waals surface area contributed by atoms with Gasteiger partial charge in [-0.05, 0) is 13.3 Å². The van der Waals surface area contributed by atoms with Gasteiger partial charge in [0.05, 0.1) is 12.7 Å². The van der Waals surface area contributed by atoms with E-state index in [1.54, 1.807) is 0 Å². The molecule has 0 heterocycles. The van der Waals surface area contributed by atoms with Crippen molar-refractivity contribution in [3.8, 4) is 0 Å². The Morgan fingerprint density at radius 1 is 1.50 bits per heavy atom. The predicted octanol–water partition coefficient (Wildman–Crippen LogP) is 0.850. The summed E-state index contributed by atoms with van der Waals surface area (Å²) in [5.41, 5.74) is 5.35. The van der Waals surface area contributed by atoms with E-state index in [1.807, 2.05) is 0 Å². The summed E-state index contributed by atoms with van der Waals surface area (Å²) in [6, 6.07) is -0.915. The summed E-state index contributed by atoms with van der Waals surface area (Å²) >= 11 is 0. The highest BCUT2D eigenvalue weighted by Gasteiger charge is 2.19. The Balaban J connectivity index is 0. The Labute approximate surface area is 91.2 Å². The van der Waals surface area contributed by atoms with Crippen LogP contribution in [0.5, 0.6) is 0 Å². The first-order valence-electron chi connectivity index (χ1n) is 4.69. The van der Waals surface area contributed by atoms with Crippen molar-refractivity contribution in [3.05, 3.63) is 0 Å². The molecule has 0 fully saturated rings. The molecule has 0 saturated heterocycles. The number of aliphatic hydroxyl groups is 1. The highest BCUT2D eigenvalue weighted by atomic mass is 35.5. The third-order valence-corrected chi connectivity index (χ3v) is 1.78. The van der Waals surface area contributed by atoms with Gasteiger partial charge in [-0.2, -0.15) is 0 Å². The molecular formula is C9H20ClNO3. The highest BCUT2D eigenvalue weighted by Crippen LogP contribution is 1.97. The standard InChI is InChI=1S/C9H19NO3.ClH/c1-3-4-5-6-13-9(12)8(10)7(2)11;/h7-8,11H,3-6,10H2,1-2H3;1H/t7-,8+;/m1./s1. The lowest BCUT2D eigenvalue weighted by Gasteiger charge is -2.13. The molecule has 0 saturated carbocycles. The minimum absolute atomic E-state index is 0. The van der Waals surface area contributed by atoms with Gasteiger partial charge in [0, 0.05) is 0 Å². The number of halogens is 1. The van der Waals surface area contributed by atoms with Crippen LogP contribution in [-0.2, 0) is 9.53 Å². The molecule has 5 heteroatoms. The summed E-state index contributed by atoms with van der Waals surface area (Å²) in [5.74, 6) is -0.522. The second-order valence-electron chi connectivity index (χ2n) is 3.14. The first-order valence-corrected chi connectivity index (χ1v) is 4.69. The van der Waals surface area contributed by atoms with Crippen molar-refractivity contribution in [1.29, 1.82) is 0 Å². The lowest BCUT2D eigenvalue weighted by molar-refractivity contribution is -0.147. The van der Waals surface area contributed by atoms with Crippen LogP contribution in [0.3, 0.4) is 0 Å². The second-order valence-corrected chi connectivity index (χ2v) is 3.14. The molecule has 2 atom stereocenters. The van der Waals surface area contributed by atoms with Gasteiger partial charge < -0.3 is 15.6 Å². The van der Waals surface area contributed by atoms with Crippen molar-refractivity contribution in [2.24, 2.45) is 5.73 Å². The molecule has 0 bridgehead atoms. The summed E-state index contributed by atoms with van der Waals surface area (Å²) in [6.07, 6.45) is 2.13. The smallest absolute Gasteiger partial charge is 0.325 e. The fraction of sp³-hybridized carbons (Fsp3) is 0.889. The maximum absolute atomic E-state index is 11.0. The lowest BCUT2D eigenvalue weighted by Crippen LogP contribution is -2.41. The van der Waals surface area contributed by atoms with Crippen LogP contribution in [0.1, 0.15) is 33.1 Å². The Hall–Kier alpha value is -0.320. The number of unbranched alkanes of at least 4 members (excludes halogenated alkanes) is 2. The van der Waals surface area contributed by atoms with Crippen LogP contribution in [0.25, 0.3) is 0 Å². The zero-order chi connectivity index (χ0) is 10.3. The van der Waals surface area contributed by atoms with E-state index < -0.39 is 18.1 Å². The summed E-state index contributed by atoms with van der Waals surface area (Å²) in [5, 5.41) is 8.97.